The average molecular weight is 268 g/mol. The van der Waals surface area contributed by atoms with Crippen molar-refractivity contribution < 1.29 is 0 Å². The van der Waals surface area contributed by atoms with E-state index in [4.69, 9.17) is 5.73 Å². The number of hydrogen-bond donors (Lipinski definition) is 1. The molecule has 0 amide bonds. The SMILES string of the molecule is CCC1CN(C2(CN)CCN(C)C(C)C2)CCN1C. The molecule has 19 heavy (non-hydrogen) atoms. The van der Waals surface area contributed by atoms with Gasteiger partial charge >= 0.3 is 0 Å². The van der Waals surface area contributed by atoms with Gasteiger partial charge in [0.15, 0.2) is 0 Å². The second-order valence-electron chi connectivity index (χ2n) is 6.70. The van der Waals surface area contributed by atoms with Crippen LogP contribution in [0.25, 0.3) is 0 Å². The summed E-state index contributed by atoms with van der Waals surface area (Å²) in [7, 11) is 4.50. The lowest BCUT2D eigenvalue weighted by atomic mass is 9.81. The third-order valence-corrected chi connectivity index (χ3v) is 5.66. The number of piperazine rings is 1. The molecule has 2 aliphatic rings. The number of hydrogen-bond acceptors (Lipinski definition) is 4. The first kappa shape index (κ1) is 15.2. The maximum atomic E-state index is 6.22. The fraction of sp³-hybridized carbons (Fsp3) is 1.00. The third kappa shape index (κ3) is 2.97. The van der Waals surface area contributed by atoms with Crippen LogP contribution in [0.2, 0.25) is 0 Å². The molecule has 4 heteroatoms. The number of nitrogens with zero attached hydrogens (tertiary/aromatic N) is 3. The molecule has 0 aliphatic carbocycles. The summed E-state index contributed by atoms with van der Waals surface area (Å²) in [6.07, 6.45) is 3.69. The minimum Gasteiger partial charge on any atom is -0.329 e. The van der Waals surface area contributed by atoms with E-state index in [1.807, 2.05) is 0 Å². The Balaban J connectivity index is 2.09. The molecule has 0 aromatic rings. The molecule has 3 unspecified atom stereocenters. The summed E-state index contributed by atoms with van der Waals surface area (Å²) in [6.45, 7) is 10.2. The van der Waals surface area contributed by atoms with Crippen molar-refractivity contribution in [1.82, 2.24) is 14.7 Å². The van der Waals surface area contributed by atoms with Crippen molar-refractivity contribution in [3.05, 3.63) is 0 Å². The Bertz CT molecular complexity index is 296. The first-order chi connectivity index (χ1) is 9.02. The van der Waals surface area contributed by atoms with E-state index in [-0.39, 0.29) is 5.54 Å². The zero-order chi connectivity index (χ0) is 14.0. The van der Waals surface area contributed by atoms with E-state index < -0.39 is 0 Å². The van der Waals surface area contributed by atoms with Crippen LogP contribution in [0.3, 0.4) is 0 Å². The molecule has 0 aromatic carbocycles. The van der Waals surface area contributed by atoms with Crippen molar-refractivity contribution in [2.75, 3.05) is 46.8 Å². The van der Waals surface area contributed by atoms with Crippen molar-refractivity contribution in [1.29, 1.82) is 0 Å². The van der Waals surface area contributed by atoms with Crippen molar-refractivity contribution in [2.45, 2.75) is 50.7 Å². The van der Waals surface area contributed by atoms with Crippen LogP contribution in [0.15, 0.2) is 0 Å². The molecular weight excluding hydrogens is 236 g/mol. The zero-order valence-electron chi connectivity index (χ0n) is 13.2. The maximum absolute atomic E-state index is 6.22. The van der Waals surface area contributed by atoms with Gasteiger partial charge in [-0.15, -0.1) is 0 Å². The Labute approximate surface area is 118 Å². The summed E-state index contributed by atoms with van der Waals surface area (Å²) in [6, 6.07) is 1.35. The molecule has 2 heterocycles. The predicted octanol–water partition coefficient (Wildman–Crippen LogP) is 0.824. The van der Waals surface area contributed by atoms with Crippen molar-refractivity contribution in [2.24, 2.45) is 5.73 Å². The lowest BCUT2D eigenvalue weighted by Crippen LogP contribution is -2.66. The molecule has 2 fully saturated rings. The molecule has 0 bridgehead atoms. The van der Waals surface area contributed by atoms with E-state index in [0.717, 1.165) is 6.54 Å². The fourth-order valence-electron chi connectivity index (χ4n) is 3.83. The highest BCUT2D eigenvalue weighted by Crippen LogP contribution is 2.32. The normalized spacial score (nSPS) is 39.6. The summed E-state index contributed by atoms with van der Waals surface area (Å²) in [4.78, 5) is 7.70. The van der Waals surface area contributed by atoms with Crippen LogP contribution in [0.4, 0.5) is 0 Å². The van der Waals surface area contributed by atoms with Crippen LogP contribution in [0, 0.1) is 0 Å². The van der Waals surface area contributed by atoms with E-state index in [9.17, 15) is 0 Å². The maximum Gasteiger partial charge on any atom is 0.0359 e. The van der Waals surface area contributed by atoms with Gasteiger partial charge in [0.25, 0.3) is 0 Å². The van der Waals surface area contributed by atoms with Gasteiger partial charge in [0.1, 0.15) is 0 Å². The number of nitrogens with two attached hydrogens (primary N) is 1. The smallest absolute Gasteiger partial charge is 0.0359 e. The first-order valence-electron chi connectivity index (χ1n) is 7.88. The van der Waals surface area contributed by atoms with Crippen LogP contribution < -0.4 is 5.73 Å². The van der Waals surface area contributed by atoms with Gasteiger partial charge in [-0.3, -0.25) is 4.90 Å². The van der Waals surface area contributed by atoms with Crippen molar-refractivity contribution >= 4 is 0 Å². The molecule has 4 nitrogen and oxygen atoms in total. The lowest BCUT2D eigenvalue weighted by Gasteiger charge is -2.54. The van der Waals surface area contributed by atoms with E-state index >= 15 is 0 Å². The summed E-state index contributed by atoms with van der Waals surface area (Å²) in [5, 5.41) is 0. The Hall–Kier alpha value is -0.160. The molecule has 2 saturated heterocycles. The monoisotopic (exact) mass is 268 g/mol. The molecule has 3 atom stereocenters. The van der Waals surface area contributed by atoms with Crippen LogP contribution in [-0.4, -0.2) is 79.1 Å². The Kier molecular flexibility index (Phi) is 4.88. The van der Waals surface area contributed by atoms with Crippen LogP contribution >= 0.6 is 0 Å². The van der Waals surface area contributed by atoms with Gasteiger partial charge in [-0.05, 0) is 46.8 Å². The Morgan fingerprint density at radius 2 is 1.89 bits per heavy atom. The molecule has 2 aliphatic heterocycles. The van der Waals surface area contributed by atoms with Crippen LogP contribution in [0.1, 0.15) is 33.1 Å². The second kappa shape index (κ2) is 6.08. The summed E-state index contributed by atoms with van der Waals surface area (Å²) >= 11 is 0. The van der Waals surface area contributed by atoms with Gasteiger partial charge in [0, 0.05) is 43.8 Å². The fourth-order valence-corrected chi connectivity index (χ4v) is 3.83. The highest BCUT2D eigenvalue weighted by molar-refractivity contribution is 5.01. The topological polar surface area (TPSA) is 35.7 Å². The van der Waals surface area contributed by atoms with Gasteiger partial charge in [0.05, 0.1) is 0 Å². The molecule has 2 N–H and O–H groups in total. The largest absolute Gasteiger partial charge is 0.329 e. The number of likely N-dealkylation sites (N-methyl/N-ethyl adjacent to an activating group) is 1. The Morgan fingerprint density at radius 3 is 2.47 bits per heavy atom. The van der Waals surface area contributed by atoms with E-state index in [2.05, 4.69) is 42.6 Å². The highest BCUT2D eigenvalue weighted by Gasteiger charge is 2.42. The van der Waals surface area contributed by atoms with Crippen molar-refractivity contribution in [3.63, 3.8) is 0 Å². The zero-order valence-corrected chi connectivity index (χ0v) is 13.2. The summed E-state index contributed by atoms with van der Waals surface area (Å²) in [5.74, 6) is 0. The third-order valence-electron chi connectivity index (χ3n) is 5.66. The van der Waals surface area contributed by atoms with Crippen LogP contribution in [0.5, 0.6) is 0 Å². The first-order valence-corrected chi connectivity index (χ1v) is 7.88. The second-order valence-corrected chi connectivity index (χ2v) is 6.70. The van der Waals surface area contributed by atoms with E-state index in [0.29, 0.717) is 12.1 Å². The molecule has 112 valence electrons. The summed E-state index contributed by atoms with van der Waals surface area (Å²) < 4.78 is 0. The molecule has 2 rings (SSSR count). The number of likely N-dealkylation sites (tertiary alicyclic amines) is 1. The minimum atomic E-state index is 0.251. The molecule has 0 aromatic heterocycles. The van der Waals surface area contributed by atoms with E-state index in [1.54, 1.807) is 0 Å². The average Bonchev–Trinajstić information content (AvgIpc) is 2.42. The van der Waals surface area contributed by atoms with Gasteiger partial charge in [0.2, 0.25) is 0 Å². The van der Waals surface area contributed by atoms with Crippen LogP contribution in [-0.2, 0) is 0 Å². The standard InChI is InChI=1S/C15H32N4/c1-5-14-11-19(9-8-18(14)4)15(12-16)6-7-17(3)13(2)10-15/h13-14H,5-12,16H2,1-4H3. The van der Waals surface area contributed by atoms with Crippen molar-refractivity contribution in [3.8, 4) is 0 Å². The minimum absolute atomic E-state index is 0.251. The molecular formula is C15H32N4. The molecule has 0 spiro atoms. The quantitative estimate of drug-likeness (QED) is 0.822. The van der Waals surface area contributed by atoms with Gasteiger partial charge in [-0.2, -0.15) is 0 Å². The Morgan fingerprint density at radius 1 is 1.16 bits per heavy atom. The number of rotatable bonds is 3. The van der Waals surface area contributed by atoms with Gasteiger partial charge in [-0.1, -0.05) is 6.92 Å². The predicted molar refractivity (Wildman–Crippen MR) is 81.4 cm³/mol. The van der Waals surface area contributed by atoms with Gasteiger partial charge in [-0.25, -0.2) is 0 Å². The summed E-state index contributed by atoms with van der Waals surface area (Å²) in [5.41, 5.74) is 6.48. The number of piperidine rings is 1. The molecule has 0 radical (unpaired) electrons. The molecule has 0 saturated carbocycles. The van der Waals surface area contributed by atoms with E-state index in [1.165, 1.54) is 45.4 Å². The highest BCUT2D eigenvalue weighted by atomic mass is 15.3. The van der Waals surface area contributed by atoms with Gasteiger partial charge < -0.3 is 15.5 Å². The lowest BCUT2D eigenvalue weighted by molar-refractivity contribution is -0.0321.